The van der Waals surface area contributed by atoms with Crippen molar-refractivity contribution in [2.24, 2.45) is 0 Å². The molecule has 0 radical (unpaired) electrons. The van der Waals surface area contributed by atoms with E-state index in [0.29, 0.717) is 17.6 Å². The highest BCUT2D eigenvalue weighted by Crippen LogP contribution is 2.26. The van der Waals surface area contributed by atoms with E-state index in [4.69, 9.17) is 14.3 Å². The van der Waals surface area contributed by atoms with Gasteiger partial charge in [-0.1, -0.05) is 6.07 Å². The highest BCUT2D eigenvalue weighted by Gasteiger charge is 2.08. The molecule has 0 saturated carbocycles. The van der Waals surface area contributed by atoms with Crippen LogP contribution in [0.25, 0.3) is 11.3 Å². The fourth-order valence-electron chi connectivity index (χ4n) is 2.41. The summed E-state index contributed by atoms with van der Waals surface area (Å²) in [6.45, 7) is 1.56. The summed E-state index contributed by atoms with van der Waals surface area (Å²) in [4.78, 5) is 21.6. The summed E-state index contributed by atoms with van der Waals surface area (Å²) in [6, 6.07) is 13.8. The lowest BCUT2D eigenvalue weighted by atomic mass is 10.0. The molecule has 2 N–H and O–H groups in total. The number of hydrogen-bond donors (Lipinski definition) is 2. The molecule has 27 heavy (non-hydrogen) atoms. The lowest BCUT2D eigenvalue weighted by molar-refractivity contribution is 0.101. The number of anilines is 1. The number of Topliss-reactive ketones (excluding diaryl/α,β-unsaturated/α-hetero) is 1. The number of phenols is 1. The maximum Gasteiger partial charge on any atom is 0.161 e. The average molecular weight is 367 g/mol. The van der Waals surface area contributed by atoms with Crippen molar-refractivity contribution in [3.8, 4) is 22.8 Å². The third-order valence-corrected chi connectivity index (χ3v) is 3.84. The second kappa shape index (κ2) is 9.24. The van der Waals surface area contributed by atoms with Gasteiger partial charge in [0.25, 0.3) is 0 Å². The van der Waals surface area contributed by atoms with E-state index < -0.39 is 0 Å². The van der Waals surface area contributed by atoms with Gasteiger partial charge in [0.2, 0.25) is 0 Å². The maximum absolute atomic E-state index is 11.4. The molecule has 6 nitrogen and oxygen atoms in total. The molecule has 0 spiro atoms. The molecule has 3 rings (SSSR count). The zero-order valence-corrected chi connectivity index (χ0v) is 15.4. The van der Waals surface area contributed by atoms with Crippen molar-refractivity contribution < 1.29 is 23.8 Å². The third kappa shape index (κ3) is 4.98. The van der Waals surface area contributed by atoms with Gasteiger partial charge in [0, 0.05) is 23.9 Å². The van der Waals surface area contributed by atoms with E-state index >= 15 is 0 Å². The van der Waals surface area contributed by atoms with Crippen LogP contribution in [0.3, 0.4) is 0 Å². The average Bonchev–Trinajstić information content (AvgIpc) is 3.23. The maximum atomic E-state index is 11.4. The number of methoxy groups -OCH3 is 1. The molecule has 0 atom stereocenters. The summed E-state index contributed by atoms with van der Waals surface area (Å²) >= 11 is 0. The van der Waals surface area contributed by atoms with Crippen LogP contribution in [0.15, 0.2) is 59.2 Å². The SMILES string of the molecule is CNc1cc(-c2ccco2)ccc1C(C)=O.COc1ccc(O)c(C=O)c1. The van der Waals surface area contributed by atoms with Crippen molar-refractivity contribution in [1.29, 1.82) is 0 Å². The van der Waals surface area contributed by atoms with E-state index in [1.165, 1.54) is 19.2 Å². The Morgan fingerprint density at radius 1 is 1.19 bits per heavy atom. The van der Waals surface area contributed by atoms with Gasteiger partial charge in [0.15, 0.2) is 12.1 Å². The van der Waals surface area contributed by atoms with E-state index in [0.717, 1.165) is 17.0 Å². The topological polar surface area (TPSA) is 88.8 Å². The summed E-state index contributed by atoms with van der Waals surface area (Å²) in [6.07, 6.45) is 2.21. The van der Waals surface area contributed by atoms with Crippen molar-refractivity contribution in [3.05, 3.63) is 65.9 Å². The Kier molecular flexibility index (Phi) is 6.77. The van der Waals surface area contributed by atoms with E-state index in [9.17, 15) is 9.59 Å². The van der Waals surface area contributed by atoms with Crippen molar-refractivity contribution in [1.82, 2.24) is 0 Å². The number of ether oxygens (including phenoxy) is 1. The first kappa shape index (κ1) is 19.8. The number of hydrogen-bond acceptors (Lipinski definition) is 6. The first-order valence-electron chi connectivity index (χ1n) is 8.19. The van der Waals surface area contributed by atoms with Gasteiger partial charge in [0.1, 0.15) is 17.3 Å². The number of aldehydes is 1. The van der Waals surface area contributed by atoms with Crippen molar-refractivity contribution in [3.63, 3.8) is 0 Å². The molecule has 6 heteroatoms. The molecule has 0 amide bonds. The number of rotatable bonds is 5. The standard InChI is InChI=1S/C13H13NO2.C8H8O3/c1-9(15)11-6-5-10(8-12(11)14-2)13-4-3-7-16-13;1-11-7-2-3-8(10)6(4-7)5-9/h3-8,14H,1-2H3;2-5,10H,1H3. The number of phenolic OH excluding ortho intramolecular Hbond substituents is 1. The molecule has 3 aromatic rings. The number of nitrogens with one attached hydrogen (secondary N) is 1. The van der Waals surface area contributed by atoms with E-state index in [1.54, 1.807) is 26.3 Å². The van der Waals surface area contributed by atoms with Gasteiger partial charge in [-0.05, 0) is 49.4 Å². The van der Waals surface area contributed by atoms with Crippen LogP contribution < -0.4 is 10.1 Å². The van der Waals surface area contributed by atoms with Crippen molar-refractivity contribution >= 4 is 17.8 Å². The van der Waals surface area contributed by atoms with Crippen LogP contribution in [-0.4, -0.2) is 31.3 Å². The molecule has 0 fully saturated rings. The van der Waals surface area contributed by atoms with Gasteiger partial charge in [-0.25, -0.2) is 0 Å². The summed E-state index contributed by atoms with van der Waals surface area (Å²) in [7, 11) is 3.30. The zero-order chi connectivity index (χ0) is 19.8. The molecule has 0 bridgehead atoms. The quantitative estimate of drug-likeness (QED) is 0.513. The Bertz CT molecular complexity index is 916. The van der Waals surface area contributed by atoms with Crippen molar-refractivity contribution in [2.75, 3.05) is 19.5 Å². The minimum atomic E-state index is -0.0270. The van der Waals surface area contributed by atoms with E-state index in [1.807, 2.05) is 30.3 Å². The fraction of sp³-hybridized carbons (Fsp3) is 0.143. The molecule has 1 heterocycles. The van der Waals surface area contributed by atoms with Gasteiger partial charge < -0.3 is 19.6 Å². The number of ketones is 1. The van der Waals surface area contributed by atoms with Crippen LogP contribution >= 0.6 is 0 Å². The van der Waals surface area contributed by atoms with Crippen LogP contribution in [-0.2, 0) is 0 Å². The Hall–Kier alpha value is -3.54. The molecular formula is C21H21NO5. The molecule has 140 valence electrons. The summed E-state index contributed by atoms with van der Waals surface area (Å²) in [5, 5.41) is 12.1. The molecule has 0 aliphatic carbocycles. The van der Waals surface area contributed by atoms with Crippen LogP contribution in [0.4, 0.5) is 5.69 Å². The van der Waals surface area contributed by atoms with Gasteiger partial charge in [-0.15, -0.1) is 0 Å². The summed E-state index contributed by atoms with van der Waals surface area (Å²) < 4.78 is 10.1. The lowest BCUT2D eigenvalue weighted by Crippen LogP contribution is -2.00. The minimum Gasteiger partial charge on any atom is -0.507 e. The molecule has 0 saturated heterocycles. The van der Waals surface area contributed by atoms with Crippen molar-refractivity contribution in [2.45, 2.75) is 6.92 Å². The first-order chi connectivity index (χ1) is 13.0. The number of aromatic hydroxyl groups is 1. The predicted octanol–water partition coefficient (Wildman–Crippen LogP) is 4.40. The monoisotopic (exact) mass is 367 g/mol. The van der Waals surface area contributed by atoms with Crippen LogP contribution in [0, 0.1) is 0 Å². The largest absolute Gasteiger partial charge is 0.507 e. The Labute approximate surface area is 157 Å². The number of furan rings is 1. The molecule has 2 aromatic carbocycles. The minimum absolute atomic E-state index is 0.0270. The number of benzene rings is 2. The van der Waals surface area contributed by atoms with Crippen LogP contribution in [0.2, 0.25) is 0 Å². The lowest BCUT2D eigenvalue weighted by Gasteiger charge is -2.07. The summed E-state index contributed by atoms with van der Waals surface area (Å²) in [5.41, 5.74) is 2.71. The van der Waals surface area contributed by atoms with E-state index in [-0.39, 0.29) is 17.1 Å². The van der Waals surface area contributed by atoms with Gasteiger partial charge in [0.05, 0.1) is 18.9 Å². The van der Waals surface area contributed by atoms with Crippen LogP contribution in [0.5, 0.6) is 11.5 Å². The van der Waals surface area contributed by atoms with Gasteiger partial charge >= 0.3 is 0 Å². The highest BCUT2D eigenvalue weighted by atomic mass is 16.5. The Balaban J connectivity index is 0.000000208. The molecule has 0 unspecified atom stereocenters. The second-order valence-corrected chi connectivity index (χ2v) is 5.59. The van der Waals surface area contributed by atoms with Gasteiger partial charge in [-0.2, -0.15) is 0 Å². The normalized spacial score (nSPS) is 9.74. The molecule has 0 aliphatic heterocycles. The van der Waals surface area contributed by atoms with E-state index in [2.05, 4.69) is 5.32 Å². The first-order valence-corrected chi connectivity index (χ1v) is 8.19. The summed E-state index contributed by atoms with van der Waals surface area (Å²) in [5.74, 6) is 1.38. The van der Waals surface area contributed by atoms with Crippen LogP contribution in [0.1, 0.15) is 27.6 Å². The second-order valence-electron chi connectivity index (χ2n) is 5.59. The molecule has 1 aromatic heterocycles. The predicted molar refractivity (Wildman–Crippen MR) is 104 cm³/mol. The highest BCUT2D eigenvalue weighted by molar-refractivity contribution is 6.00. The zero-order valence-electron chi connectivity index (χ0n) is 15.4. The smallest absolute Gasteiger partial charge is 0.161 e. The number of carbonyl (C=O) groups excluding carboxylic acids is 2. The third-order valence-electron chi connectivity index (χ3n) is 3.84. The molecular weight excluding hydrogens is 346 g/mol. The fourth-order valence-corrected chi connectivity index (χ4v) is 2.41. The Morgan fingerprint density at radius 3 is 2.52 bits per heavy atom. The van der Waals surface area contributed by atoms with Gasteiger partial charge in [-0.3, -0.25) is 9.59 Å². The number of carbonyl (C=O) groups is 2. The molecule has 0 aliphatic rings. The Morgan fingerprint density at radius 2 is 1.96 bits per heavy atom.